The summed E-state index contributed by atoms with van der Waals surface area (Å²) in [6.45, 7) is 2.14. The second kappa shape index (κ2) is 3.80. The third-order valence-electron chi connectivity index (χ3n) is 4.74. The van der Waals surface area contributed by atoms with Crippen LogP contribution in [0.25, 0.3) is 0 Å². The summed E-state index contributed by atoms with van der Waals surface area (Å²) in [5.74, 6) is -0.0850. The van der Waals surface area contributed by atoms with Crippen LogP contribution in [0.1, 0.15) is 45.4 Å². The van der Waals surface area contributed by atoms with E-state index in [1.807, 2.05) is 0 Å². The highest BCUT2D eigenvalue weighted by molar-refractivity contribution is 6.19. The van der Waals surface area contributed by atoms with E-state index in [4.69, 9.17) is 0 Å². The van der Waals surface area contributed by atoms with Crippen molar-refractivity contribution in [2.45, 2.75) is 51.5 Å². The lowest BCUT2D eigenvalue weighted by molar-refractivity contribution is -0.159. The Labute approximate surface area is 106 Å². The van der Waals surface area contributed by atoms with Crippen molar-refractivity contribution in [3.63, 3.8) is 0 Å². The minimum absolute atomic E-state index is 0.0157. The number of hydrogen-bond donors (Lipinski definition) is 1. The van der Waals surface area contributed by atoms with Gasteiger partial charge in [0.2, 0.25) is 11.8 Å². The minimum Gasteiger partial charge on any atom is -0.277 e. The van der Waals surface area contributed by atoms with Gasteiger partial charge in [0.25, 0.3) is 0 Å². The number of imide groups is 2. The highest BCUT2D eigenvalue weighted by Gasteiger charge is 2.58. The number of urea groups is 1. The first kappa shape index (κ1) is 11.7. The number of nitrogens with zero attached hydrogens (tertiary/aromatic N) is 1. The van der Waals surface area contributed by atoms with Crippen LogP contribution in [-0.2, 0) is 9.59 Å². The van der Waals surface area contributed by atoms with Crippen LogP contribution in [0.2, 0.25) is 0 Å². The molecule has 2 saturated carbocycles. The lowest BCUT2D eigenvalue weighted by Gasteiger charge is -2.46. The molecule has 0 bridgehead atoms. The predicted molar refractivity (Wildman–Crippen MR) is 63.5 cm³/mol. The van der Waals surface area contributed by atoms with Crippen molar-refractivity contribution in [3.05, 3.63) is 0 Å². The molecule has 1 spiro atoms. The number of carbonyl (C=O) groups excluding carboxylic acids is 3. The Kier molecular flexibility index (Phi) is 2.47. The van der Waals surface area contributed by atoms with Gasteiger partial charge in [-0.05, 0) is 38.0 Å². The van der Waals surface area contributed by atoms with Crippen molar-refractivity contribution in [2.24, 2.45) is 11.3 Å². The van der Waals surface area contributed by atoms with E-state index >= 15 is 0 Å². The molecule has 98 valence electrons. The van der Waals surface area contributed by atoms with Gasteiger partial charge in [-0.1, -0.05) is 13.3 Å². The Hall–Kier alpha value is -1.39. The highest BCUT2D eigenvalue weighted by atomic mass is 16.2. The van der Waals surface area contributed by atoms with Crippen molar-refractivity contribution in [1.82, 2.24) is 10.2 Å². The molecular formula is C13H18N2O3. The molecule has 1 N–H and O–H groups in total. The molecule has 2 unspecified atom stereocenters. The molecule has 0 aromatic carbocycles. The highest BCUT2D eigenvalue weighted by Crippen LogP contribution is 2.46. The molecule has 5 nitrogen and oxygen atoms in total. The SMILES string of the molecule is CC1CCC(N2C(=O)NC(=O)C3(CCC3)C2=O)C1. The van der Waals surface area contributed by atoms with Crippen LogP contribution in [0.4, 0.5) is 4.79 Å². The van der Waals surface area contributed by atoms with Crippen LogP contribution >= 0.6 is 0 Å². The molecule has 18 heavy (non-hydrogen) atoms. The van der Waals surface area contributed by atoms with Gasteiger partial charge in [0.05, 0.1) is 0 Å². The fourth-order valence-corrected chi connectivity index (χ4v) is 3.41. The second-order valence-corrected chi connectivity index (χ2v) is 5.94. The lowest BCUT2D eigenvalue weighted by Crippen LogP contribution is -2.67. The van der Waals surface area contributed by atoms with E-state index in [9.17, 15) is 14.4 Å². The van der Waals surface area contributed by atoms with E-state index in [-0.39, 0.29) is 17.9 Å². The molecule has 1 heterocycles. The average molecular weight is 250 g/mol. The topological polar surface area (TPSA) is 66.5 Å². The van der Waals surface area contributed by atoms with Crippen molar-refractivity contribution in [3.8, 4) is 0 Å². The number of barbiturate groups is 1. The fourth-order valence-electron chi connectivity index (χ4n) is 3.41. The number of hydrogen-bond acceptors (Lipinski definition) is 3. The quantitative estimate of drug-likeness (QED) is 0.716. The summed E-state index contributed by atoms with van der Waals surface area (Å²) in [6.07, 6.45) is 4.84. The van der Waals surface area contributed by atoms with Gasteiger partial charge in [0, 0.05) is 6.04 Å². The Balaban J connectivity index is 1.87. The van der Waals surface area contributed by atoms with Crippen molar-refractivity contribution < 1.29 is 14.4 Å². The monoisotopic (exact) mass is 250 g/mol. The zero-order valence-corrected chi connectivity index (χ0v) is 10.6. The minimum atomic E-state index is -0.917. The summed E-state index contributed by atoms with van der Waals surface area (Å²) < 4.78 is 0. The number of rotatable bonds is 1. The maximum atomic E-state index is 12.5. The van der Waals surface area contributed by atoms with E-state index in [2.05, 4.69) is 12.2 Å². The van der Waals surface area contributed by atoms with Crippen LogP contribution in [0.15, 0.2) is 0 Å². The largest absolute Gasteiger partial charge is 0.331 e. The summed E-state index contributed by atoms with van der Waals surface area (Å²) in [6, 6.07) is -0.528. The first-order chi connectivity index (χ1) is 8.54. The molecule has 3 rings (SSSR count). The standard InChI is InChI=1S/C13H18N2O3/c1-8-3-4-9(7-8)15-11(17)13(5-2-6-13)10(16)14-12(15)18/h8-9H,2-7H2,1H3,(H,14,16,18). The maximum absolute atomic E-state index is 12.5. The van der Waals surface area contributed by atoms with Crippen LogP contribution < -0.4 is 5.32 Å². The Bertz CT molecular complexity index is 428. The molecule has 2 aliphatic carbocycles. The van der Waals surface area contributed by atoms with E-state index in [1.54, 1.807) is 0 Å². The maximum Gasteiger partial charge on any atom is 0.331 e. The Morgan fingerprint density at radius 1 is 1.22 bits per heavy atom. The van der Waals surface area contributed by atoms with E-state index in [0.717, 1.165) is 25.7 Å². The van der Waals surface area contributed by atoms with Crippen LogP contribution in [0, 0.1) is 11.3 Å². The van der Waals surface area contributed by atoms with Gasteiger partial charge in [0.1, 0.15) is 5.41 Å². The average Bonchev–Trinajstić information content (AvgIpc) is 2.61. The van der Waals surface area contributed by atoms with Gasteiger partial charge < -0.3 is 0 Å². The summed E-state index contributed by atoms with van der Waals surface area (Å²) in [4.78, 5) is 37.6. The van der Waals surface area contributed by atoms with Gasteiger partial charge in [-0.15, -0.1) is 0 Å². The van der Waals surface area contributed by atoms with Crippen LogP contribution in [-0.4, -0.2) is 28.8 Å². The van der Waals surface area contributed by atoms with Gasteiger partial charge >= 0.3 is 6.03 Å². The van der Waals surface area contributed by atoms with Crippen LogP contribution in [0.3, 0.4) is 0 Å². The summed E-state index contributed by atoms with van der Waals surface area (Å²) in [7, 11) is 0. The lowest BCUT2D eigenvalue weighted by atomic mass is 9.66. The zero-order valence-electron chi connectivity index (χ0n) is 10.6. The zero-order chi connectivity index (χ0) is 12.9. The summed E-state index contributed by atoms with van der Waals surface area (Å²) in [5.41, 5.74) is -0.917. The van der Waals surface area contributed by atoms with Crippen LogP contribution in [0.5, 0.6) is 0 Å². The predicted octanol–water partition coefficient (Wildman–Crippen LogP) is 1.42. The van der Waals surface area contributed by atoms with Gasteiger partial charge in [-0.3, -0.25) is 19.8 Å². The number of nitrogens with one attached hydrogen (secondary N) is 1. The molecule has 0 aromatic heterocycles. The Morgan fingerprint density at radius 2 is 1.94 bits per heavy atom. The molecule has 5 heteroatoms. The Morgan fingerprint density at radius 3 is 2.44 bits per heavy atom. The van der Waals surface area contributed by atoms with Gasteiger partial charge in [-0.25, -0.2) is 4.79 Å². The molecule has 1 aliphatic heterocycles. The van der Waals surface area contributed by atoms with E-state index in [0.29, 0.717) is 18.8 Å². The molecule has 0 aromatic rings. The number of carbonyl (C=O) groups is 3. The molecule has 4 amide bonds. The fraction of sp³-hybridized carbons (Fsp3) is 0.769. The van der Waals surface area contributed by atoms with Crippen molar-refractivity contribution >= 4 is 17.8 Å². The normalized spacial score (nSPS) is 34.7. The van der Waals surface area contributed by atoms with Gasteiger partial charge in [0.15, 0.2) is 0 Å². The first-order valence-electron chi connectivity index (χ1n) is 6.74. The molecule has 2 atom stereocenters. The number of amides is 4. The molecule has 0 radical (unpaired) electrons. The van der Waals surface area contributed by atoms with Gasteiger partial charge in [-0.2, -0.15) is 0 Å². The first-order valence-corrected chi connectivity index (χ1v) is 6.74. The third-order valence-corrected chi connectivity index (χ3v) is 4.74. The van der Waals surface area contributed by atoms with E-state index < -0.39 is 11.4 Å². The summed E-state index contributed by atoms with van der Waals surface area (Å²) in [5, 5.41) is 2.37. The van der Waals surface area contributed by atoms with E-state index in [1.165, 1.54) is 4.90 Å². The second-order valence-electron chi connectivity index (χ2n) is 5.94. The molecule has 1 saturated heterocycles. The molecule has 3 aliphatic rings. The summed E-state index contributed by atoms with van der Waals surface area (Å²) >= 11 is 0. The molecular weight excluding hydrogens is 232 g/mol. The van der Waals surface area contributed by atoms with Crippen molar-refractivity contribution in [2.75, 3.05) is 0 Å². The smallest absolute Gasteiger partial charge is 0.277 e. The molecule has 3 fully saturated rings. The third kappa shape index (κ3) is 1.42. The van der Waals surface area contributed by atoms with Crippen molar-refractivity contribution in [1.29, 1.82) is 0 Å².